The van der Waals surface area contributed by atoms with Gasteiger partial charge in [-0.2, -0.15) is 0 Å². The highest BCUT2D eigenvalue weighted by Crippen LogP contribution is 2.68. The average Bonchev–Trinajstić information content (AvgIpc) is 3.62. The molecular formula is C44H68N2O2. The van der Waals surface area contributed by atoms with Crippen LogP contribution in [0.15, 0.2) is 23.3 Å². The molecule has 48 heavy (non-hydrogen) atoms. The first-order valence-electron chi connectivity index (χ1n) is 21.1. The van der Waals surface area contributed by atoms with Crippen molar-refractivity contribution in [3.8, 4) is 0 Å². The lowest BCUT2D eigenvalue weighted by atomic mass is 9.45. The normalized spacial score (nSPS) is 47.6. The van der Waals surface area contributed by atoms with Crippen molar-refractivity contribution in [3.05, 3.63) is 23.3 Å². The van der Waals surface area contributed by atoms with E-state index in [0.29, 0.717) is 35.8 Å². The first-order valence-corrected chi connectivity index (χ1v) is 21.1. The molecule has 8 aliphatic rings. The molecule has 266 valence electrons. The van der Waals surface area contributed by atoms with E-state index in [-0.39, 0.29) is 22.6 Å². The minimum absolute atomic E-state index is 0.0483. The van der Waals surface area contributed by atoms with Gasteiger partial charge in [0.25, 0.3) is 0 Å². The molecular weight excluding hydrogens is 588 g/mol. The van der Waals surface area contributed by atoms with Crippen LogP contribution in [0.3, 0.4) is 0 Å². The van der Waals surface area contributed by atoms with Gasteiger partial charge in [-0.05, 0) is 161 Å². The molecule has 4 nitrogen and oxygen atoms in total. The van der Waals surface area contributed by atoms with Gasteiger partial charge < -0.3 is 10.6 Å². The Morgan fingerprint density at radius 3 is 1.44 bits per heavy atom. The SMILES string of the molecule is C[C@]12CCCC[C@@H]1CC[C@@H]1[C@@H]2CC[C@]2(C)C(C(=O)NCCCCNC(=O)C3=CC[C@H]4[C@@H]5CC[C@H]6CCCC[C@]6(C)[C@H]5CC[C@]34C)=CC[C@@H]12. The Morgan fingerprint density at radius 2 is 1.00 bits per heavy atom. The van der Waals surface area contributed by atoms with E-state index in [4.69, 9.17) is 0 Å². The van der Waals surface area contributed by atoms with Gasteiger partial charge in [-0.25, -0.2) is 0 Å². The molecule has 6 saturated carbocycles. The zero-order valence-electron chi connectivity index (χ0n) is 31.1. The van der Waals surface area contributed by atoms with Gasteiger partial charge in [0, 0.05) is 35.1 Å². The highest BCUT2D eigenvalue weighted by atomic mass is 16.2. The molecule has 0 bridgehead atoms. The van der Waals surface area contributed by atoms with E-state index in [2.05, 4.69) is 50.5 Å². The topological polar surface area (TPSA) is 58.2 Å². The molecule has 12 atom stereocenters. The fourth-order valence-electron chi connectivity index (χ4n) is 15.3. The van der Waals surface area contributed by atoms with Crippen molar-refractivity contribution in [2.45, 2.75) is 156 Å². The van der Waals surface area contributed by atoms with Crippen LogP contribution in [-0.2, 0) is 9.59 Å². The number of carbonyl (C=O) groups excluding carboxylic acids is 2. The van der Waals surface area contributed by atoms with Crippen molar-refractivity contribution in [2.75, 3.05) is 13.1 Å². The first kappa shape index (κ1) is 33.6. The minimum Gasteiger partial charge on any atom is -0.352 e. The van der Waals surface area contributed by atoms with Gasteiger partial charge in [0.05, 0.1) is 0 Å². The number of hydrogen-bond acceptors (Lipinski definition) is 2. The lowest BCUT2D eigenvalue weighted by molar-refractivity contribution is -0.123. The predicted octanol–water partition coefficient (Wildman–Crippen LogP) is 9.94. The zero-order valence-corrected chi connectivity index (χ0v) is 31.1. The van der Waals surface area contributed by atoms with Crippen LogP contribution in [0.2, 0.25) is 0 Å². The third kappa shape index (κ3) is 5.16. The minimum atomic E-state index is 0.0483. The molecule has 2 N–H and O–H groups in total. The molecule has 0 spiro atoms. The summed E-state index contributed by atoms with van der Waals surface area (Å²) in [6.07, 6.45) is 30.8. The standard InChI is InChI=1S/C44H68N2O2/c1-41-23-7-5-11-29(41)13-15-31-33-17-19-37(43(33,3)25-21-35(31)41)39(47)45-27-9-10-28-46-40(48)38-20-18-34-32-16-14-30-12-6-8-24-42(30,2)36(32)22-26-44(34,38)4/h19-20,29-36H,5-18,21-28H2,1-4H3,(H,45,47)(H,46,48)/t29-,30-,31+,32+,33+,34+,35+,36+,41+,42+,43+,44+/m1/s1. The van der Waals surface area contributed by atoms with Crippen LogP contribution in [0.25, 0.3) is 0 Å². The Kier molecular flexibility index (Phi) is 8.79. The van der Waals surface area contributed by atoms with Crippen LogP contribution in [0.4, 0.5) is 0 Å². The molecule has 0 saturated heterocycles. The maximum absolute atomic E-state index is 13.6. The van der Waals surface area contributed by atoms with Gasteiger partial charge in [-0.3, -0.25) is 9.59 Å². The second kappa shape index (κ2) is 12.6. The van der Waals surface area contributed by atoms with Crippen molar-refractivity contribution in [2.24, 2.45) is 69.0 Å². The second-order valence-corrected chi connectivity index (χ2v) is 19.6. The zero-order chi connectivity index (χ0) is 33.3. The summed E-state index contributed by atoms with van der Waals surface area (Å²) in [5.41, 5.74) is 3.36. The largest absolute Gasteiger partial charge is 0.352 e. The van der Waals surface area contributed by atoms with Gasteiger partial charge >= 0.3 is 0 Å². The lowest BCUT2D eigenvalue weighted by Gasteiger charge is -2.60. The average molecular weight is 657 g/mol. The quantitative estimate of drug-likeness (QED) is 0.268. The van der Waals surface area contributed by atoms with Gasteiger partial charge in [0.2, 0.25) is 11.8 Å². The van der Waals surface area contributed by atoms with Crippen molar-refractivity contribution in [1.29, 1.82) is 0 Å². The molecule has 0 aromatic carbocycles. The predicted molar refractivity (Wildman–Crippen MR) is 195 cm³/mol. The monoisotopic (exact) mass is 657 g/mol. The van der Waals surface area contributed by atoms with E-state index < -0.39 is 0 Å². The molecule has 0 radical (unpaired) electrons. The molecule has 2 amide bonds. The maximum atomic E-state index is 13.6. The molecule has 0 aromatic heterocycles. The van der Waals surface area contributed by atoms with Crippen LogP contribution >= 0.6 is 0 Å². The Hall–Kier alpha value is -1.58. The molecule has 0 aromatic rings. The Bertz CT molecular complexity index is 1230. The van der Waals surface area contributed by atoms with Crippen molar-refractivity contribution in [1.82, 2.24) is 10.6 Å². The van der Waals surface area contributed by atoms with Gasteiger partial charge in [0.15, 0.2) is 0 Å². The number of nitrogens with one attached hydrogen (secondary N) is 2. The number of rotatable bonds is 7. The van der Waals surface area contributed by atoms with Crippen LogP contribution in [0.5, 0.6) is 0 Å². The van der Waals surface area contributed by atoms with E-state index in [1.807, 2.05) is 0 Å². The van der Waals surface area contributed by atoms with E-state index in [1.165, 1.54) is 103 Å². The Morgan fingerprint density at radius 1 is 0.562 bits per heavy atom. The summed E-state index contributed by atoms with van der Waals surface area (Å²) in [6.45, 7) is 11.5. The summed E-state index contributed by atoms with van der Waals surface area (Å²) in [4.78, 5) is 27.2. The number of fused-ring (bicyclic) bond motifs is 10. The molecule has 8 rings (SSSR count). The first-order chi connectivity index (χ1) is 23.1. The fraction of sp³-hybridized carbons (Fsp3) is 0.864. The summed E-state index contributed by atoms with van der Waals surface area (Å²) in [5, 5.41) is 6.62. The summed E-state index contributed by atoms with van der Waals surface area (Å²) in [5.74, 6) is 6.88. The molecule has 0 aliphatic heterocycles. The fourth-order valence-corrected chi connectivity index (χ4v) is 15.3. The van der Waals surface area contributed by atoms with E-state index in [1.54, 1.807) is 0 Å². The summed E-state index contributed by atoms with van der Waals surface area (Å²) in [6, 6.07) is 0. The van der Waals surface area contributed by atoms with E-state index in [9.17, 15) is 9.59 Å². The van der Waals surface area contributed by atoms with Crippen molar-refractivity contribution >= 4 is 11.8 Å². The number of carbonyl (C=O) groups is 2. The highest BCUT2D eigenvalue weighted by molar-refractivity contribution is 5.96. The second-order valence-electron chi connectivity index (χ2n) is 19.6. The molecule has 6 fully saturated rings. The summed E-state index contributed by atoms with van der Waals surface area (Å²) >= 11 is 0. The number of amides is 2. The van der Waals surface area contributed by atoms with Crippen molar-refractivity contribution < 1.29 is 9.59 Å². The third-order valence-corrected chi connectivity index (χ3v) is 18.0. The molecule has 4 heteroatoms. The smallest absolute Gasteiger partial charge is 0.247 e. The van der Waals surface area contributed by atoms with E-state index in [0.717, 1.165) is 72.3 Å². The van der Waals surface area contributed by atoms with Gasteiger partial charge in [-0.15, -0.1) is 0 Å². The Balaban J connectivity index is 0.790. The number of hydrogen-bond donors (Lipinski definition) is 2. The van der Waals surface area contributed by atoms with Crippen LogP contribution < -0.4 is 10.6 Å². The maximum Gasteiger partial charge on any atom is 0.247 e. The molecule has 0 heterocycles. The van der Waals surface area contributed by atoms with Crippen molar-refractivity contribution in [3.63, 3.8) is 0 Å². The van der Waals surface area contributed by atoms with E-state index >= 15 is 0 Å². The Labute approximate surface area is 292 Å². The highest BCUT2D eigenvalue weighted by Gasteiger charge is 2.60. The number of allylic oxidation sites excluding steroid dienone is 2. The number of unbranched alkanes of at least 4 members (excludes halogenated alkanes) is 1. The van der Waals surface area contributed by atoms with Crippen LogP contribution in [-0.4, -0.2) is 24.9 Å². The summed E-state index contributed by atoms with van der Waals surface area (Å²) < 4.78 is 0. The third-order valence-electron chi connectivity index (χ3n) is 18.0. The molecule has 0 unspecified atom stereocenters. The van der Waals surface area contributed by atoms with Crippen LogP contribution in [0.1, 0.15) is 156 Å². The summed E-state index contributed by atoms with van der Waals surface area (Å²) in [7, 11) is 0. The van der Waals surface area contributed by atoms with Crippen LogP contribution in [0, 0.1) is 69.0 Å². The van der Waals surface area contributed by atoms with Gasteiger partial charge in [0.1, 0.15) is 0 Å². The van der Waals surface area contributed by atoms with Gasteiger partial charge in [-0.1, -0.05) is 65.5 Å². The molecule has 8 aliphatic carbocycles. The lowest BCUT2D eigenvalue weighted by Crippen LogP contribution is -2.53.